The Kier molecular flexibility index (Phi) is 7.26. The molecule has 0 aliphatic heterocycles. The minimum Gasteiger partial charge on any atom is -0.326 e. The van der Waals surface area contributed by atoms with E-state index >= 15 is 0 Å². The molecule has 1 rings (SSSR count). The van der Waals surface area contributed by atoms with Gasteiger partial charge in [-0.3, -0.25) is 4.79 Å². The fourth-order valence-electron chi connectivity index (χ4n) is 1.48. The first-order valence-corrected chi connectivity index (χ1v) is 5.37. The molecule has 0 spiro atoms. The second kappa shape index (κ2) is 7.87. The monoisotopic (exact) mass is 254 g/mol. The molecular formula is C13H19ClN2O. The number of hydrogen-bond acceptors (Lipinski definition) is 2. The number of halogens is 1. The Balaban J connectivity index is 0.00000256. The number of carbonyl (C=O) groups excluding carboxylic acids is 1. The molecule has 0 aromatic heterocycles. The number of nitrogens with two attached hydrogens (primary N) is 1. The maximum atomic E-state index is 10.8. The van der Waals surface area contributed by atoms with E-state index in [1.807, 2.05) is 30.3 Å². The third-order valence-corrected chi connectivity index (χ3v) is 2.34. The smallest absolute Gasteiger partial charge is 0.221 e. The normalized spacial score (nSPS) is 11.2. The van der Waals surface area contributed by atoms with E-state index in [-0.39, 0.29) is 24.4 Å². The van der Waals surface area contributed by atoms with E-state index in [0.717, 1.165) is 24.1 Å². The molecule has 94 valence electrons. The van der Waals surface area contributed by atoms with Gasteiger partial charge in [0.05, 0.1) is 0 Å². The van der Waals surface area contributed by atoms with E-state index in [1.54, 1.807) is 0 Å². The highest BCUT2D eigenvalue weighted by Crippen LogP contribution is 2.18. The Hall–Kier alpha value is -1.32. The van der Waals surface area contributed by atoms with Crippen LogP contribution in [0.3, 0.4) is 0 Å². The van der Waals surface area contributed by atoms with E-state index in [4.69, 9.17) is 5.73 Å². The number of amides is 1. The van der Waals surface area contributed by atoms with Crippen LogP contribution in [0, 0.1) is 0 Å². The van der Waals surface area contributed by atoms with Crippen LogP contribution in [0.1, 0.15) is 31.4 Å². The first kappa shape index (κ1) is 15.7. The van der Waals surface area contributed by atoms with E-state index in [0.29, 0.717) is 0 Å². The quantitative estimate of drug-likeness (QED) is 0.794. The Morgan fingerprint density at radius 3 is 2.53 bits per heavy atom. The van der Waals surface area contributed by atoms with Crippen molar-refractivity contribution in [2.24, 2.45) is 5.73 Å². The lowest BCUT2D eigenvalue weighted by Crippen LogP contribution is -2.10. The second-order valence-electron chi connectivity index (χ2n) is 3.78. The molecule has 1 aromatic rings. The fourth-order valence-corrected chi connectivity index (χ4v) is 1.48. The number of allylic oxidation sites excluding steroid dienone is 1. The summed E-state index contributed by atoms with van der Waals surface area (Å²) in [6.45, 7) is 5.16. The summed E-state index contributed by atoms with van der Waals surface area (Å²) < 4.78 is 0. The molecule has 0 fully saturated rings. The Morgan fingerprint density at radius 2 is 2.06 bits per heavy atom. The van der Waals surface area contributed by atoms with Crippen LogP contribution in [-0.4, -0.2) is 5.91 Å². The molecule has 17 heavy (non-hydrogen) atoms. The SMILES string of the molecule is C=CCC[C@H](N)c1ccc(NC(C)=O)cc1.Cl. The van der Waals surface area contributed by atoms with Gasteiger partial charge in [0.15, 0.2) is 0 Å². The van der Waals surface area contributed by atoms with Crippen molar-refractivity contribution in [2.45, 2.75) is 25.8 Å². The summed E-state index contributed by atoms with van der Waals surface area (Å²) in [5, 5.41) is 2.72. The average molecular weight is 255 g/mol. The summed E-state index contributed by atoms with van der Waals surface area (Å²) in [5.74, 6) is -0.0660. The third kappa shape index (κ3) is 5.52. The van der Waals surface area contributed by atoms with Crippen molar-refractivity contribution in [1.82, 2.24) is 0 Å². The summed E-state index contributed by atoms with van der Waals surface area (Å²) in [7, 11) is 0. The zero-order valence-electron chi connectivity index (χ0n) is 9.98. The largest absolute Gasteiger partial charge is 0.326 e. The van der Waals surface area contributed by atoms with Crippen molar-refractivity contribution in [3.05, 3.63) is 42.5 Å². The van der Waals surface area contributed by atoms with E-state index in [9.17, 15) is 4.79 Å². The van der Waals surface area contributed by atoms with Crippen molar-refractivity contribution in [3.63, 3.8) is 0 Å². The van der Waals surface area contributed by atoms with Crippen molar-refractivity contribution in [1.29, 1.82) is 0 Å². The molecule has 1 amide bonds. The molecule has 0 aliphatic carbocycles. The van der Waals surface area contributed by atoms with Gasteiger partial charge in [-0.05, 0) is 30.5 Å². The van der Waals surface area contributed by atoms with Crippen molar-refractivity contribution < 1.29 is 4.79 Å². The lowest BCUT2D eigenvalue weighted by molar-refractivity contribution is -0.114. The van der Waals surface area contributed by atoms with Crippen LogP contribution in [0.15, 0.2) is 36.9 Å². The number of anilines is 1. The van der Waals surface area contributed by atoms with Crippen LogP contribution >= 0.6 is 12.4 Å². The lowest BCUT2D eigenvalue weighted by atomic mass is 10.0. The molecule has 4 heteroatoms. The Labute approximate surface area is 109 Å². The third-order valence-electron chi connectivity index (χ3n) is 2.34. The van der Waals surface area contributed by atoms with Gasteiger partial charge in [-0.25, -0.2) is 0 Å². The predicted octanol–water partition coefficient (Wildman–Crippen LogP) is 3.03. The predicted molar refractivity (Wildman–Crippen MR) is 74.4 cm³/mol. The van der Waals surface area contributed by atoms with Gasteiger partial charge in [0.1, 0.15) is 0 Å². The van der Waals surface area contributed by atoms with Gasteiger partial charge < -0.3 is 11.1 Å². The minimum absolute atomic E-state index is 0. The van der Waals surface area contributed by atoms with Crippen molar-refractivity contribution in [3.8, 4) is 0 Å². The van der Waals surface area contributed by atoms with Gasteiger partial charge in [-0.2, -0.15) is 0 Å². The van der Waals surface area contributed by atoms with Gasteiger partial charge in [-0.1, -0.05) is 18.2 Å². The summed E-state index contributed by atoms with van der Waals surface area (Å²) >= 11 is 0. The number of rotatable bonds is 5. The first-order valence-electron chi connectivity index (χ1n) is 5.37. The van der Waals surface area contributed by atoms with Crippen LogP contribution in [0.4, 0.5) is 5.69 Å². The van der Waals surface area contributed by atoms with Crippen molar-refractivity contribution in [2.75, 3.05) is 5.32 Å². The van der Waals surface area contributed by atoms with Crippen LogP contribution in [0.2, 0.25) is 0 Å². The van der Waals surface area contributed by atoms with Crippen LogP contribution in [0.25, 0.3) is 0 Å². The number of nitrogens with one attached hydrogen (secondary N) is 1. The molecule has 0 aliphatic rings. The zero-order chi connectivity index (χ0) is 12.0. The molecular weight excluding hydrogens is 236 g/mol. The standard InChI is InChI=1S/C13H18N2O.ClH/c1-3-4-5-13(14)11-6-8-12(9-7-11)15-10(2)16;/h3,6-9,13H,1,4-5,14H2,2H3,(H,15,16);1H/t13-;/m0./s1. The van der Waals surface area contributed by atoms with Gasteiger partial charge in [-0.15, -0.1) is 19.0 Å². The minimum atomic E-state index is -0.0660. The number of benzene rings is 1. The Morgan fingerprint density at radius 1 is 1.47 bits per heavy atom. The summed E-state index contributed by atoms with van der Waals surface area (Å²) in [6.07, 6.45) is 3.67. The summed E-state index contributed by atoms with van der Waals surface area (Å²) in [4.78, 5) is 10.8. The Bertz CT molecular complexity index is 362. The lowest BCUT2D eigenvalue weighted by Gasteiger charge is -2.11. The summed E-state index contributed by atoms with van der Waals surface area (Å²) in [5.41, 5.74) is 7.88. The van der Waals surface area contributed by atoms with Crippen LogP contribution in [-0.2, 0) is 4.79 Å². The molecule has 1 atom stereocenters. The molecule has 0 saturated heterocycles. The maximum Gasteiger partial charge on any atom is 0.221 e. The molecule has 1 aromatic carbocycles. The molecule has 0 radical (unpaired) electrons. The second-order valence-corrected chi connectivity index (χ2v) is 3.78. The first-order chi connectivity index (χ1) is 7.63. The molecule has 3 nitrogen and oxygen atoms in total. The molecule has 3 N–H and O–H groups in total. The maximum absolute atomic E-state index is 10.8. The average Bonchev–Trinajstić information content (AvgIpc) is 2.26. The highest BCUT2D eigenvalue weighted by molar-refractivity contribution is 5.88. The zero-order valence-corrected chi connectivity index (χ0v) is 10.8. The van der Waals surface area contributed by atoms with Crippen LogP contribution in [0.5, 0.6) is 0 Å². The van der Waals surface area contributed by atoms with Crippen LogP contribution < -0.4 is 11.1 Å². The molecule has 0 saturated carbocycles. The van der Waals surface area contributed by atoms with E-state index < -0.39 is 0 Å². The molecule has 0 bridgehead atoms. The molecule has 0 unspecified atom stereocenters. The topological polar surface area (TPSA) is 55.1 Å². The van der Waals surface area contributed by atoms with E-state index in [2.05, 4.69) is 11.9 Å². The highest BCUT2D eigenvalue weighted by Gasteiger charge is 2.04. The van der Waals surface area contributed by atoms with Crippen molar-refractivity contribution >= 4 is 24.0 Å². The van der Waals surface area contributed by atoms with Gasteiger partial charge in [0.25, 0.3) is 0 Å². The molecule has 0 heterocycles. The van der Waals surface area contributed by atoms with E-state index in [1.165, 1.54) is 6.92 Å². The van der Waals surface area contributed by atoms with Gasteiger partial charge in [0.2, 0.25) is 5.91 Å². The number of carbonyl (C=O) groups is 1. The number of hydrogen-bond donors (Lipinski definition) is 2. The van der Waals surface area contributed by atoms with Gasteiger partial charge in [0, 0.05) is 18.7 Å². The summed E-state index contributed by atoms with van der Waals surface area (Å²) in [6, 6.07) is 7.65. The van der Waals surface area contributed by atoms with Gasteiger partial charge >= 0.3 is 0 Å². The fraction of sp³-hybridized carbons (Fsp3) is 0.308. The highest BCUT2D eigenvalue weighted by atomic mass is 35.5.